The van der Waals surface area contributed by atoms with Gasteiger partial charge in [0.05, 0.1) is 0 Å². The Morgan fingerprint density at radius 3 is 2.88 bits per heavy atom. The molecule has 0 spiro atoms. The van der Waals surface area contributed by atoms with E-state index in [4.69, 9.17) is 0 Å². The summed E-state index contributed by atoms with van der Waals surface area (Å²) in [6, 6.07) is 7.10. The van der Waals surface area contributed by atoms with Crippen LogP contribution < -0.4 is 0 Å². The topological polar surface area (TPSA) is 76.1 Å². The number of hydrogen-bond acceptors (Lipinski definition) is 5. The molecule has 122 valence electrons. The highest BCUT2D eigenvalue weighted by molar-refractivity contribution is 9.10. The van der Waals surface area contributed by atoms with Crippen LogP contribution in [0.4, 0.5) is 0 Å². The molecular formula is C16H13BrN4O2S. The van der Waals surface area contributed by atoms with Crippen LogP contribution in [0.25, 0.3) is 11.0 Å². The van der Waals surface area contributed by atoms with Crippen LogP contribution in [0.15, 0.2) is 52.2 Å². The highest BCUT2D eigenvalue weighted by atomic mass is 79.9. The lowest BCUT2D eigenvalue weighted by atomic mass is 10.1. The van der Waals surface area contributed by atoms with E-state index >= 15 is 0 Å². The number of nitrogens with zero attached hydrogens (tertiary/aromatic N) is 4. The summed E-state index contributed by atoms with van der Waals surface area (Å²) in [6.07, 6.45) is 5.22. The molecule has 0 N–H and O–H groups in total. The summed E-state index contributed by atoms with van der Waals surface area (Å²) < 4.78 is 27.9. The van der Waals surface area contributed by atoms with E-state index in [1.165, 1.54) is 10.5 Å². The summed E-state index contributed by atoms with van der Waals surface area (Å²) >= 11 is 3.40. The van der Waals surface area contributed by atoms with Crippen LogP contribution in [0.3, 0.4) is 0 Å². The standard InChI is InChI=1S/C16H13BrN4O2S/c17-13-7-11-6-12-10-21(5-3-15(12)20-16(11)19-8-13)24(22,23)14-2-1-4-18-9-14/h1-2,4,6-9H,3,5,10H2. The number of aromatic nitrogens is 3. The maximum absolute atomic E-state index is 12.8. The van der Waals surface area contributed by atoms with Crippen LogP contribution >= 0.6 is 15.9 Å². The van der Waals surface area contributed by atoms with Crippen molar-refractivity contribution in [3.05, 3.63) is 58.6 Å². The van der Waals surface area contributed by atoms with Crippen LogP contribution in [-0.2, 0) is 23.0 Å². The molecule has 4 heterocycles. The van der Waals surface area contributed by atoms with Gasteiger partial charge in [-0.15, -0.1) is 0 Å². The highest BCUT2D eigenvalue weighted by Crippen LogP contribution is 2.26. The molecule has 3 aromatic heterocycles. The second kappa shape index (κ2) is 5.87. The zero-order valence-corrected chi connectivity index (χ0v) is 15.0. The molecule has 0 radical (unpaired) electrons. The van der Waals surface area contributed by atoms with Crippen molar-refractivity contribution in [2.24, 2.45) is 0 Å². The van der Waals surface area contributed by atoms with Gasteiger partial charge in [-0.25, -0.2) is 18.4 Å². The molecule has 0 saturated carbocycles. The Morgan fingerprint density at radius 1 is 1.21 bits per heavy atom. The van der Waals surface area contributed by atoms with Crippen LogP contribution in [0, 0.1) is 0 Å². The Morgan fingerprint density at radius 2 is 2.08 bits per heavy atom. The third-order valence-electron chi connectivity index (χ3n) is 4.02. The van der Waals surface area contributed by atoms with Gasteiger partial charge in [0.25, 0.3) is 0 Å². The molecule has 0 aromatic carbocycles. The Kier molecular flexibility index (Phi) is 3.82. The average Bonchev–Trinajstić information content (AvgIpc) is 2.60. The molecular weight excluding hydrogens is 392 g/mol. The average molecular weight is 405 g/mol. The first kappa shape index (κ1) is 15.6. The Hall–Kier alpha value is -1.90. The van der Waals surface area contributed by atoms with Crippen molar-refractivity contribution in [1.29, 1.82) is 0 Å². The summed E-state index contributed by atoms with van der Waals surface area (Å²) in [5.41, 5.74) is 2.51. The van der Waals surface area contributed by atoms with Crippen molar-refractivity contribution in [1.82, 2.24) is 19.3 Å². The first-order valence-corrected chi connectivity index (χ1v) is 9.61. The van der Waals surface area contributed by atoms with Gasteiger partial charge in [-0.1, -0.05) is 0 Å². The molecule has 0 bridgehead atoms. The number of sulfonamides is 1. The van der Waals surface area contributed by atoms with Crippen LogP contribution in [0.1, 0.15) is 11.3 Å². The van der Waals surface area contributed by atoms with Crippen molar-refractivity contribution >= 4 is 37.0 Å². The monoisotopic (exact) mass is 404 g/mol. The molecule has 24 heavy (non-hydrogen) atoms. The molecule has 3 aromatic rings. The minimum atomic E-state index is -3.55. The summed E-state index contributed by atoms with van der Waals surface area (Å²) in [5, 5.41) is 0.892. The quantitative estimate of drug-likeness (QED) is 0.655. The second-order valence-electron chi connectivity index (χ2n) is 5.57. The second-order valence-corrected chi connectivity index (χ2v) is 8.43. The number of rotatable bonds is 2. The number of pyridine rings is 3. The molecule has 0 saturated heterocycles. The first-order chi connectivity index (χ1) is 11.5. The van der Waals surface area contributed by atoms with Gasteiger partial charge in [0, 0.05) is 53.7 Å². The maximum Gasteiger partial charge on any atom is 0.244 e. The SMILES string of the molecule is O=S(=O)(c1cccnc1)N1CCc2nc3ncc(Br)cc3cc2C1. The largest absolute Gasteiger partial charge is 0.263 e. The zero-order chi connectivity index (χ0) is 16.7. The van der Waals surface area contributed by atoms with E-state index in [0.717, 1.165) is 21.1 Å². The van der Waals surface area contributed by atoms with Crippen molar-refractivity contribution in [2.45, 2.75) is 17.9 Å². The summed E-state index contributed by atoms with van der Waals surface area (Å²) in [5.74, 6) is 0. The van der Waals surface area contributed by atoms with Gasteiger partial charge in [0.1, 0.15) is 4.90 Å². The molecule has 1 aliphatic heterocycles. The first-order valence-electron chi connectivity index (χ1n) is 7.38. The van der Waals surface area contributed by atoms with Crippen molar-refractivity contribution in [3.8, 4) is 0 Å². The maximum atomic E-state index is 12.8. The third kappa shape index (κ3) is 2.70. The molecule has 4 rings (SSSR count). The molecule has 0 fully saturated rings. The molecule has 0 atom stereocenters. The molecule has 8 heteroatoms. The van der Waals surface area contributed by atoms with Crippen molar-refractivity contribution in [2.75, 3.05) is 6.54 Å². The normalized spacial score (nSPS) is 15.4. The van der Waals surface area contributed by atoms with E-state index in [9.17, 15) is 8.42 Å². The molecule has 0 aliphatic carbocycles. The van der Waals surface area contributed by atoms with Gasteiger partial charge >= 0.3 is 0 Å². The molecule has 1 aliphatic rings. The number of halogens is 1. The van der Waals surface area contributed by atoms with Gasteiger partial charge in [-0.05, 0) is 45.8 Å². The molecule has 0 amide bonds. The Labute approximate surface area is 147 Å². The minimum absolute atomic E-state index is 0.214. The molecule has 0 unspecified atom stereocenters. The summed E-state index contributed by atoms with van der Waals surface area (Å²) in [7, 11) is -3.55. The summed E-state index contributed by atoms with van der Waals surface area (Å²) in [4.78, 5) is 13.0. The fraction of sp³-hybridized carbons (Fsp3) is 0.188. The fourth-order valence-electron chi connectivity index (χ4n) is 2.82. The predicted octanol–water partition coefficient (Wildman–Crippen LogP) is 2.53. The van der Waals surface area contributed by atoms with E-state index in [0.29, 0.717) is 25.2 Å². The highest BCUT2D eigenvalue weighted by Gasteiger charge is 2.29. The molecule has 6 nitrogen and oxygen atoms in total. The van der Waals surface area contributed by atoms with Crippen LogP contribution in [0.5, 0.6) is 0 Å². The van der Waals surface area contributed by atoms with Gasteiger partial charge in [0.2, 0.25) is 10.0 Å². The number of hydrogen-bond donors (Lipinski definition) is 0. The van der Waals surface area contributed by atoms with Crippen LogP contribution in [-0.4, -0.2) is 34.2 Å². The van der Waals surface area contributed by atoms with E-state index in [1.807, 2.05) is 12.1 Å². The lowest BCUT2D eigenvalue weighted by Crippen LogP contribution is -2.36. The van der Waals surface area contributed by atoms with Crippen molar-refractivity contribution in [3.63, 3.8) is 0 Å². The zero-order valence-electron chi connectivity index (χ0n) is 12.6. The van der Waals surface area contributed by atoms with Crippen LogP contribution in [0.2, 0.25) is 0 Å². The summed E-state index contributed by atoms with van der Waals surface area (Å²) in [6.45, 7) is 0.710. The van der Waals surface area contributed by atoms with E-state index in [1.54, 1.807) is 24.5 Å². The van der Waals surface area contributed by atoms with Gasteiger partial charge in [0.15, 0.2) is 5.65 Å². The fourth-order valence-corrected chi connectivity index (χ4v) is 4.56. The minimum Gasteiger partial charge on any atom is -0.263 e. The smallest absolute Gasteiger partial charge is 0.244 e. The van der Waals surface area contributed by atoms with Gasteiger partial charge in [-0.2, -0.15) is 4.31 Å². The third-order valence-corrected chi connectivity index (χ3v) is 6.28. The number of fused-ring (bicyclic) bond motifs is 2. The van der Waals surface area contributed by atoms with E-state index in [-0.39, 0.29) is 4.90 Å². The Bertz CT molecular complexity index is 1020. The van der Waals surface area contributed by atoms with E-state index < -0.39 is 10.0 Å². The van der Waals surface area contributed by atoms with E-state index in [2.05, 4.69) is 30.9 Å². The van der Waals surface area contributed by atoms with Gasteiger partial charge < -0.3 is 0 Å². The van der Waals surface area contributed by atoms with Crippen molar-refractivity contribution < 1.29 is 8.42 Å². The van der Waals surface area contributed by atoms with Gasteiger partial charge in [-0.3, -0.25) is 4.98 Å². The lowest BCUT2D eigenvalue weighted by Gasteiger charge is -2.27. The Balaban J connectivity index is 1.73. The lowest BCUT2D eigenvalue weighted by molar-refractivity contribution is 0.388. The predicted molar refractivity (Wildman–Crippen MR) is 92.8 cm³/mol.